The van der Waals surface area contributed by atoms with E-state index in [4.69, 9.17) is 14.6 Å². The van der Waals surface area contributed by atoms with E-state index >= 15 is 0 Å². The van der Waals surface area contributed by atoms with E-state index in [0.717, 1.165) is 31.6 Å². The molecule has 0 aliphatic rings. The lowest BCUT2D eigenvalue weighted by atomic mass is 10.2. The summed E-state index contributed by atoms with van der Waals surface area (Å²) < 4.78 is 10.6. The normalized spacial score (nSPS) is 12.2. The van der Waals surface area contributed by atoms with Crippen LogP contribution in [0.4, 0.5) is 0 Å². The number of aliphatic hydroxyl groups excluding tert-OH is 2. The standard InChI is InChI=1S/C15H25NO4/c1-19-14-6-5-7-15(10-14)20-12-13(18)11-16-8-3-2-4-9-17/h5-7,10,13,16-18H,2-4,8-9,11-12H2,1H3. The van der Waals surface area contributed by atoms with E-state index in [1.54, 1.807) is 13.2 Å². The third-order valence-corrected chi connectivity index (χ3v) is 2.88. The van der Waals surface area contributed by atoms with Crippen molar-refractivity contribution >= 4 is 0 Å². The largest absolute Gasteiger partial charge is 0.497 e. The third-order valence-electron chi connectivity index (χ3n) is 2.88. The van der Waals surface area contributed by atoms with Gasteiger partial charge in [0.25, 0.3) is 0 Å². The molecule has 0 fully saturated rings. The SMILES string of the molecule is COc1cccc(OCC(O)CNCCCCCO)c1. The van der Waals surface area contributed by atoms with Gasteiger partial charge in [-0.3, -0.25) is 0 Å². The molecule has 0 spiro atoms. The molecule has 5 heteroatoms. The van der Waals surface area contributed by atoms with E-state index in [0.29, 0.717) is 12.3 Å². The summed E-state index contributed by atoms with van der Waals surface area (Å²) in [5, 5.41) is 21.6. The molecule has 1 aromatic rings. The van der Waals surface area contributed by atoms with Crippen LogP contribution in [-0.2, 0) is 0 Å². The Morgan fingerprint density at radius 3 is 2.75 bits per heavy atom. The van der Waals surface area contributed by atoms with Gasteiger partial charge < -0.3 is 25.0 Å². The Morgan fingerprint density at radius 1 is 1.20 bits per heavy atom. The maximum atomic E-state index is 9.78. The summed E-state index contributed by atoms with van der Waals surface area (Å²) in [4.78, 5) is 0. The van der Waals surface area contributed by atoms with Crippen molar-refractivity contribution in [1.82, 2.24) is 5.32 Å². The number of methoxy groups -OCH3 is 1. The molecular weight excluding hydrogens is 258 g/mol. The zero-order chi connectivity index (χ0) is 14.6. The van der Waals surface area contributed by atoms with Crippen molar-refractivity contribution in [1.29, 1.82) is 0 Å². The Labute approximate surface area is 120 Å². The lowest BCUT2D eigenvalue weighted by Gasteiger charge is -2.13. The van der Waals surface area contributed by atoms with Crippen LogP contribution in [0.25, 0.3) is 0 Å². The fraction of sp³-hybridized carbons (Fsp3) is 0.600. The molecule has 20 heavy (non-hydrogen) atoms. The first-order chi connectivity index (χ1) is 9.76. The Kier molecular flexibility index (Phi) is 8.78. The van der Waals surface area contributed by atoms with E-state index in [9.17, 15) is 5.11 Å². The van der Waals surface area contributed by atoms with Crippen LogP contribution in [0.1, 0.15) is 19.3 Å². The third kappa shape index (κ3) is 7.33. The van der Waals surface area contributed by atoms with Crippen molar-refractivity contribution in [3.8, 4) is 11.5 Å². The predicted octanol–water partition coefficient (Wildman–Crippen LogP) is 1.19. The summed E-state index contributed by atoms with van der Waals surface area (Å²) in [5.74, 6) is 1.42. The van der Waals surface area contributed by atoms with Crippen molar-refractivity contribution in [2.75, 3.05) is 33.4 Å². The summed E-state index contributed by atoms with van der Waals surface area (Å²) in [6.07, 6.45) is 2.30. The quantitative estimate of drug-likeness (QED) is 0.532. The monoisotopic (exact) mass is 283 g/mol. The van der Waals surface area contributed by atoms with Gasteiger partial charge in [-0.1, -0.05) is 6.07 Å². The Hall–Kier alpha value is -1.30. The number of hydrogen-bond donors (Lipinski definition) is 3. The number of nitrogens with one attached hydrogen (secondary N) is 1. The Bertz CT molecular complexity index is 359. The van der Waals surface area contributed by atoms with Crippen LogP contribution in [0.5, 0.6) is 11.5 Å². The highest BCUT2D eigenvalue weighted by Gasteiger charge is 2.05. The van der Waals surface area contributed by atoms with Crippen molar-refractivity contribution < 1.29 is 19.7 Å². The van der Waals surface area contributed by atoms with Gasteiger partial charge >= 0.3 is 0 Å². The Morgan fingerprint density at radius 2 is 2.00 bits per heavy atom. The summed E-state index contributed by atoms with van der Waals surface area (Å²) >= 11 is 0. The predicted molar refractivity (Wildman–Crippen MR) is 78.3 cm³/mol. The second-order valence-electron chi connectivity index (χ2n) is 4.63. The van der Waals surface area contributed by atoms with Gasteiger partial charge in [-0.2, -0.15) is 0 Å². The lowest BCUT2D eigenvalue weighted by Crippen LogP contribution is -2.32. The first-order valence-electron chi connectivity index (χ1n) is 7.02. The van der Waals surface area contributed by atoms with E-state index in [1.807, 2.05) is 18.2 Å². The topological polar surface area (TPSA) is 71.0 Å². The maximum Gasteiger partial charge on any atom is 0.123 e. The first kappa shape index (κ1) is 16.8. The van der Waals surface area contributed by atoms with Gasteiger partial charge in [0.05, 0.1) is 7.11 Å². The van der Waals surface area contributed by atoms with Crippen LogP contribution in [0, 0.1) is 0 Å². The van der Waals surface area contributed by atoms with Crippen LogP contribution in [0.3, 0.4) is 0 Å². The summed E-state index contributed by atoms with van der Waals surface area (Å²) in [7, 11) is 1.61. The smallest absolute Gasteiger partial charge is 0.123 e. The molecule has 114 valence electrons. The molecule has 0 radical (unpaired) electrons. The second-order valence-corrected chi connectivity index (χ2v) is 4.63. The second kappa shape index (κ2) is 10.5. The van der Waals surface area contributed by atoms with Gasteiger partial charge in [-0.05, 0) is 37.9 Å². The lowest BCUT2D eigenvalue weighted by molar-refractivity contribution is 0.106. The van der Waals surface area contributed by atoms with Crippen molar-refractivity contribution in [2.45, 2.75) is 25.4 Å². The number of aliphatic hydroxyl groups is 2. The number of rotatable bonds is 11. The van der Waals surface area contributed by atoms with Crippen LogP contribution in [-0.4, -0.2) is 49.7 Å². The van der Waals surface area contributed by atoms with Gasteiger partial charge in [0.1, 0.15) is 24.2 Å². The highest BCUT2D eigenvalue weighted by molar-refractivity contribution is 5.32. The fourth-order valence-corrected chi connectivity index (χ4v) is 1.75. The van der Waals surface area contributed by atoms with E-state index < -0.39 is 6.10 Å². The molecule has 0 saturated heterocycles. The van der Waals surface area contributed by atoms with Gasteiger partial charge in [-0.25, -0.2) is 0 Å². The van der Waals surface area contributed by atoms with Crippen molar-refractivity contribution in [3.63, 3.8) is 0 Å². The maximum absolute atomic E-state index is 9.78. The van der Waals surface area contributed by atoms with Gasteiger partial charge in [0.2, 0.25) is 0 Å². The number of unbranched alkanes of at least 4 members (excludes halogenated alkanes) is 2. The number of benzene rings is 1. The van der Waals surface area contributed by atoms with E-state index in [2.05, 4.69) is 5.32 Å². The fourth-order valence-electron chi connectivity index (χ4n) is 1.75. The van der Waals surface area contributed by atoms with Crippen LogP contribution >= 0.6 is 0 Å². The van der Waals surface area contributed by atoms with Crippen LogP contribution < -0.4 is 14.8 Å². The minimum atomic E-state index is -0.543. The van der Waals surface area contributed by atoms with E-state index in [-0.39, 0.29) is 13.2 Å². The summed E-state index contributed by atoms with van der Waals surface area (Å²) in [6.45, 7) is 1.84. The van der Waals surface area contributed by atoms with Crippen LogP contribution in [0.2, 0.25) is 0 Å². The average molecular weight is 283 g/mol. The molecule has 5 nitrogen and oxygen atoms in total. The Balaban J connectivity index is 2.11. The summed E-state index contributed by atoms with van der Waals surface area (Å²) in [6, 6.07) is 7.31. The molecule has 0 aromatic heterocycles. The minimum absolute atomic E-state index is 0.247. The first-order valence-corrected chi connectivity index (χ1v) is 7.02. The molecular formula is C15H25NO4. The highest BCUT2D eigenvalue weighted by Crippen LogP contribution is 2.18. The number of hydrogen-bond acceptors (Lipinski definition) is 5. The number of ether oxygens (including phenoxy) is 2. The summed E-state index contributed by atoms with van der Waals surface area (Å²) in [5.41, 5.74) is 0. The molecule has 1 aromatic carbocycles. The molecule has 3 N–H and O–H groups in total. The molecule has 0 heterocycles. The van der Waals surface area contributed by atoms with Crippen LogP contribution in [0.15, 0.2) is 24.3 Å². The molecule has 1 rings (SSSR count). The molecule has 0 amide bonds. The highest BCUT2D eigenvalue weighted by atomic mass is 16.5. The molecule has 0 aliphatic carbocycles. The van der Waals surface area contributed by atoms with Gasteiger partial charge in [-0.15, -0.1) is 0 Å². The molecule has 0 aliphatic heterocycles. The molecule has 0 saturated carbocycles. The molecule has 0 bridgehead atoms. The molecule has 1 atom stereocenters. The zero-order valence-corrected chi connectivity index (χ0v) is 12.0. The molecule has 1 unspecified atom stereocenters. The average Bonchev–Trinajstić information content (AvgIpc) is 2.49. The zero-order valence-electron chi connectivity index (χ0n) is 12.0. The van der Waals surface area contributed by atoms with E-state index in [1.165, 1.54) is 0 Å². The van der Waals surface area contributed by atoms with Crippen molar-refractivity contribution in [2.24, 2.45) is 0 Å². The van der Waals surface area contributed by atoms with Crippen molar-refractivity contribution in [3.05, 3.63) is 24.3 Å². The van der Waals surface area contributed by atoms with Gasteiger partial charge in [0.15, 0.2) is 0 Å². The van der Waals surface area contributed by atoms with Gasteiger partial charge in [0, 0.05) is 19.2 Å². The minimum Gasteiger partial charge on any atom is -0.497 e.